The number of halogens is 1. The lowest BCUT2D eigenvalue weighted by Gasteiger charge is -2.36. The monoisotopic (exact) mass is 265 g/mol. The second-order valence-electron chi connectivity index (χ2n) is 4.56. The van der Waals surface area contributed by atoms with Crippen molar-refractivity contribution in [2.45, 2.75) is 29.9 Å². The average molecular weight is 265 g/mol. The lowest BCUT2D eigenvalue weighted by Crippen LogP contribution is -2.58. The van der Waals surface area contributed by atoms with Crippen LogP contribution in [0.3, 0.4) is 0 Å². The molecule has 0 aliphatic carbocycles. The predicted molar refractivity (Wildman–Crippen MR) is 62.9 cm³/mol. The van der Waals surface area contributed by atoms with Gasteiger partial charge >= 0.3 is 5.17 Å². The van der Waals surface area contributed by atoms with Gasteiger partial charge in [0.05, 0.1) is 27.7 Å². The summed E-state index contributed by atoms with van der Waals surface area (Å²) in [6, 6.07) is -0.504. The normalized spacial score (nSPS) is 41.6. The number of likely N-dealkylation sites (N-methyl/N-ethyl adjacent to an activating group) is 1. The third-order valence-electron chi connectivity index (χ3n) is 3.15. The lowest BCUT2D eigenvalue weighted by atomic mass is 9.99. The first kappa shape index (κ1) is 13.1. The van der Waals surface area contributed by atoms with Gasteiger partial charge in [0.2, 0.25) is 0 Å². The van der Waals surface area contributed by atoms with Gasteiger partial charge < -0.3 is 14.9 Å². The molecule has 0 bridgehead atoms. The zero-order chi connectivity index (χ0) is 12.7. The number of hydrogen-bond donors (Lipinski definition) is 2. The molecule has 2 aliphatic heterocycles. The number of fused-ring (bicyclic) bond motifs is 1. The van der Waals surface area contributed by atoms with Crippen LogP contribution in [0.1, 0.15) is 0 Å². The van der Waals surface area contributed by atoms with E-state index in [9.17, 15) is 9.50 Å². The molecule has 5 nitrogen and oxygen atoms in total. The summed E-state index contributed by atoms with van der Waals surface area (Å²) in [5.41, 5.74) is -0.382. The van der Waals surface area contributed by atoms with Crippen LogP contribution in [0.4, 0.5) is 4.39 Å². The highest BCUT2D eigenvalue weighted by molar-refractivity contribution is 8.14. The van der Waals surface area contributed by atoms with Crippen LogP contribution in [0.15, 0.2) is 0 Å². The van der Waals surface area contributed by atoms with Crippen LogP contribution in [0, 0.1) is 0 Å². The summed E-state index contributed by atoms with van der Waals surface area (Å²) in [5.74, 6) is 0. The number of ether oxygens (including phenoxy) is 1. The molecule has 2 saturated heterocycles. The van der Waals surface area contributed by atoms with E-state index in [0.717, 1.165) is 5.17 Å². The van der Waals surface area contributed by atoms with E-state index in [1.807, 2.05) is 18.7 Å². The highest BCUT2D eigenvalue weighted by Crippen LogP contribution is 2.39. The summed E-state index contributed by atoms with van der Waals surface area (Å²) in [4.78, 5) is 1.79. The Balaban J connectivity index is 2.25. The van der Waals surface area contributed by atoms with Gasteiger partial charge in [-0.1, -0.05) is 0 Å². The summed E-state index contributed by atoms with van der Waals surface area (Å²) in [6.45, 7) is -0.369. The van der Waals surface area contributed by atoms with Gasteiger partial charge in [0.25, 0.3) is 0 Å². The van der Waals surface area contributed by atoms with E-state index in [4.69, 9.17) is 9.84 Å². The van der Waals surface area contributed by atoms with E-state index in [0.29, 0.717) is 0 Å². The maximum atomic E-state index is 14.1. The molecule has 98 valence electrons. The molecule has 2 heterocycles. The number of aliphatic hydroxyl groups excluding tert-OH is 2. The summed E-state index contributed by atoms with van der Waals surface area (Å²) in [7, 11) is 5.54. The Morgan fingerprint density at radius 3 is 2.71 bits per heavy atom. The fourth-order valence-corrected chi connectivity index (χ4v) is 3.65. The zero-order valence-corrected chi connectivity index (χ0v) is 10.9. The molecule has 0 amide bonds. The third kappa shape index (κ3) is 2.05. The highest BCUT2D eigenvalue weighted by Gasteiger charge is 2.56. The molecule has 0 aromatic carbocycles. The van der Waals surface area contributed by atoms with Crippen LogP contribution < -0.4 is 0 Å². The molecule has 0 radical (unpaired) electrons. The van der Waals surface area contributed by atoms with Crippen molar-refractivity contribution < 1.29 is 23.9 Å². The van der Waals surface area contributed by atoms with Crippen LogP contribution in [0.5, 0.6) is 0 Å². The SMILES string of the molecule is CN1C(=[N+](C)C)SC2OC(CO)C(O)C(F)C21. The summed E-state index contributed by atoms with van der Waals surface area (Å²) < 4.78 is 21.5. The van der Waals surface area contributed by atoms with Crippen molar-refractivity contribution in [1.29, 1.82) is 0 Å². The molecule has 2 rings (SSSR count). The Labute approximate surface area is 104 Å². The number of thioether (sulfide) groups is 1. The van der Waals surface area contributed by atoms with E-state index < -0.39 is 24.4 Å². The van der Waals surface area contributed by atoms with Crippen molar-refractivity contribution in [3.8, 4) is 0 Å². The zero-order valence-electron chi connectivity index (χ0n) is 10.1. The molecule has 0 spiro atoms. The Kier molecular flexibility index (Phi) is 3.63. The molecule has 5 unspecified atom stereocenters. The molecule has 2 fully saturated rings. The molecule has 17 heavy (non-hydrogen) atoms. The quantitative estimate of drug-likeness (QED) is 0.601. The minimum Gasteiger partial charge on any atom is -0.394 e. The van der Waals surface area contributed by atoms with Crippen molar-refractivity contribution in [2.24, 2.45) is 0 Å². The Bertz CT molecular complexity index is 338. The molecule has 7 heteroatoms. The van der Waals surface area contributed by atoms with Gasteiger partial charge in [-0.15, -0.1) is 0 Å². The van der Waals surface area contributed by atoms with Gasteiger partial charge in [-0.25, -0.2) is 9.29 Å². The van der Waals surface area contributed by atoms with E-state index in [1.54, 1.807) is 11.9 Å². The minimum absolute atomic E-state index is 0.369. The second kappa shape index (κ2) is 4.72. The Morgan fingerprint density at radius 2 is 2.18 bits per heavy atom. The van der Waals surface area contributed by atoms with Crippen molar-refractivity contribution in [3.05, 3.63) is 0 Å². The number of hydrogen-bond acceptors (Lipinski definition) is 4. The topological polar surface area (TPSA) is 55.9 Å². The van der Waals surface area contributed by atoms with Crippen molar-refractivity contribution in [3.63, 3.8) is 0 Å². The van der Waals surface area contributed by atoms with Gasteiger partial charge in [-0.3, -0.25) is 4.58 Å². The fraction of sp³-hybridized carbons (Fsp3) is 0.900. The van der Waals surface area contributed by atoms with E-state index in [1.165, 1.54) is 11.8 Å². The van der Waals surface area contributed by atoms with Gasteiger partial charge in [-0.05, 0) is 11.8 Å². The molecular weight excluding hydrogens is 247 g/mol. The van der Waals surface area contributed by atoms with Crippen LogP contribution in [0.25, 0.3) is 0 Å². The van der Waals surface area contributed by atoms with Gasteiger partial charge in [0, 0.05) is 0 Å². The Morgan fingerprint density at radius 1 is 1.53 bits per heavy atom. The number of nitrogens with zero attached hydrogens (tertiary/aromatic N) is 2. The van der Waals surface area contributed by atoms with E-state index in [2.05, 4.69) is 0 Å². The average Bonchev–Trinajstić information content (AvgIpc) is 2.61. The predicted octanol–water partition coefficient (Wildman–Crippen LogP) is -0.922. The number of rotatable bonds is 1. The lowest BCUT2D eigenvalue weighted by molar-refractivity contribution is -0.466. The highest BCUT2D eigenvalue weighted by atomic mass is 32.2. The first-order valence-corrected chi connectivity index (χ1v) is 6.37. The molecular formula is C10H18FN2O3S+. The maximum absolute atomic E-state index is 14.1. The van der Waals surface area contributed by atoms with E-state index in [-0.39, 0.29) is 12.0 Å². The number of alkyl halides is 1. The molecule has 0 aromatic rings. The molecule has 2 aliphatic rings. The third-order valence-corrected chi connectivity index (χ3v) is 4.64. The number of amidine groups is 1. The second-order valence-corrected chi connectivity index (χ2v) is 5.62. The standard InChI is InChI=1S/C10H18FN2O3S/c1-12(2)10-13(3)7-6(11)8(15)5(4-14)16-9(7)17-10/h5-9,14-15H,4H2,1-3H3/q+1. The Hall–Kier alpha value is -0.370. The summed E-state index contributed by atoms with van der Waals surface area (Å²) in [6.07, 6.45) is -3.53. The molecule has 0 aromatic heterocycles. The van der Waals surface area contributed by atoms with Crippen molar-refractivity contribution in [2.75, 3.05) is 27.7 Å². The summed E-state index contributed by atoms with van der Waals surface area (Å²) in [5, 5.41) is 19.7. The molecule has 5 atom stereocenters. The molecule has 0 saturated carbocycles. The van der Waals surface area contributed by atoms with Gasteiger partial charge in [0.15, 0.2) is 17.6 Å². The van der Waals surface area contributed by atoms with Crippen molar-refractivity contribution >= 4 is 16.9 Å². The van der Waals surface area contributed by atoms with Crippen molar-refractivity contribution in [1.82, 2.24) is 4.90 Å². The van der Waals surface area contributed by atoms with Gasteiger partial charge in [-0.2, -0.15) is 0 Å². The van der Waals surface area contributed by atoms with Crippen LogP contribution in [-0.4, -0.2) is 82.5 Å². The first-order chi connectivity index (χ1) is 7.97. The largest absolute Gasteiger partial charge is 0.394 e. The minimum atomic E-state index is -1.42. The van der Waals surface area contributed by atoms with Gasteiger partial charge in [0.1, 0.15) is 12.2 Å². The molecule has 2 N–H and O–H groups in total. The smallest absolute Gasteiger partial charge is 0.310 e. The number of aliphatic hydroxyl groups is 2. The van der Waals surface area contributed by atoms with E-state index >= 15 is 0 Å². The maximum Gasteiger partial charge on any atom is 0.310 e. The van der Waals surface area contributed by atoms with Crippen LogP contribution in [-0.2, 0) is 4.74 Å². The first-order valence-electron chi connectivity index (χ1n) is 5.49. The fourth-order valence-electron chi connectivity index (χ4n) is 2.27. The summed E-state index contributed by atoms with van der Waals surface area (Å²) >= 11 is 1.42. The van der Waals surface area contributed by atoms with Crippen LogP contribution in [0.2, 0.25) is 0 Å². The van der Waals surface area contributed by atoms with Crippen LogP contribution >= 0.6 is 11.8 Å².